The van der Waals surface area contributed by atoms with Gasteiger partial charge in [0.25, 0.3) is 5.56 Å². The molecule has 0 N–H and O–H groups in total. The molecule has 2 aromatic carbocycles. The Labute approximate surface area is 163 Å². The highest BCUT2D eigenvalue weighted by molar-refractivity contribution is 7.17. The van der Waals surface area contributed by atoms with E-state index in [1.807, 2.05) is 66.0 Å². The summed E-state index contributed by atoms with van der Waals surface area (Å²) in [4.78, 5) is 22.7. The van der Waals surface area contributed by atoms with E-state index in [0.29, 0.717) is 17.1 Å². The van der Waals surface area contributed by atoms with Crippen LogP contribution in [0.1, 0.15) is 5.89 Å². The maximum atomic E-state index is 13.1. The Bertz CT molecular complexity index is 1310. The van der Waals surface area contributed by atoms with Crippen LogP contribution >= 0.6 is 11.3 Å². The fourth-order valence-electron chi connectivity index (χ4n) is 3.08. The third-order valence-electron chi connectivity index (χ3n) is 4.45. The minimum absolute atomic E-state index is 0.121. The van der Waals surface area contributed by atoms with Gasteiger partial charge in [-0.1, -0.05) is 65.8 Å². The van der Waals surface area contributed by atoms with Crippen LogP contribution in [0.3, 0.4) is 0 Å². The van der Waals surface area contributed by atoms with Crippen molar-refractivity contribution in [2.45, 2.75) is 6.54 Å². The first kappa shape index (κ1) is 16.6. The molecule has 3 aromatic heterocycles. The van der Waals surface area contributed by atoms with Crippen LogP contribution in [0.2, 0.25) is 0 Å². The lowest BCUT2D eigenvalue weighted by atomic mass is 10.1. The first-order chi connectivity index (χ1) is 13.8. The lowest BCUT2D eigenvalue weighted by molar-refractivity contribution is 0.369. The Morgan fingerprint density at radius 1 is 0.964 bits per heavy atom. The van der Waals surface area contributed by atoms with Crippen molar-refractivity contribution in [2.75, 3.05) is 0 Å². The molecule has 5 aromatic rings. The number of hydrogen-bond donors (Lipinski definition) is 0. The maximum absolute atomic E-state index is 13.1. The van der Waals surface area contributed by atoms with Crippen LogP contribution < -0.4 is 5.56 Å². The lowest BCUT2D eigenvalue weighted by Gasteiger charge is -2.03. The standard InChI is InChI=1S/C21H14N4O2S/c26-21-18-16(14-7-3-1-4-8-14)12-28-20(18)22-13-25(21)11-17-23-19(24-27-17)15-9-5-2-6-10-15/h1-10,12-13H,11H2. The van der Waals surface area contributed by atoms with Gasteiger partial charge in [0.15, 0.2) is 0 Å². The summed E-state index contributed by atoms with van der Waals surface area (Å²) in [6.45, 7) is 0.172. The summed E-state index contributed by atoms with van der Waals surface area (Å²) >= 11 is 1.46. The molecule has 0 amide bonds. The van der Waals surface area contributed by atoms with Crippen molar-refractivity contribution in [1.29, 1.82) is 0 Å². The smallest absolute Gasteiger partial charge is 0.263 e. The number of hydrogen-bond acceptors (Lipinski definition) is 6. The molecule has 0 unspecified atom stereocenters. The normalized spacial score (nSPS) is 11.1. The minimum Gasteiger partial charge on any atom is -0.337 e. The second kappa shape index (κ2) is 6.86. The predicted molar refractivity (Wildman–Crippen MR) is 108 cm³/mol. The van der Waals surface area contributed by atoms with Crippen molar-refractivity contribution >= 4 is 21.6 Å². The molecule has 0 aliphatic rings. The van der Waals surface area contributed by atoms with Crippen LogP contribution in [-0.4, -0.2) is 19.7 Å². The van der Waals surface area contributed by atoms with Gasteiger partial charge in [-0.3, -0.25) is 9.36 Å². The van der Waals surface area contributed by atoms with Gasteiger partial charge in [0.1, 0.15) is 11.4 Å². The summed E-state index contributed by atoms with van der Waals surface area (Å²) in [6.07, 6.45) is 1.53. The van der Waals surface area contributed by atoms with Crippen molar-refractivity contribution in [1.82, 2.24) is 19.7 Å². The van der Waals surface area contributed by atoms with Gasteiger partial charge in [0.2, 0.25) is 11.7 Å². The summed E-state index contributed by atoms with van der Waals surface area (Å²) in [6, 6.07) is 19.4. The molecule has 0 radical (unpaired) electrons. The Kier molecular flexibility index (Phi) is 4.06. The summed E-state index contributed by atoms with van der Waals surface area (Å²) in [7, 11) is 0. The van der Waals surface area contributed by atoms with Gasteiger partial charge < -0.3 is 4.52 Å². The molecule has 0 saturated carbocycles. The summed E-state index contributed by atoms with van der Waals surface area (Å²) in [5, 5.41) is 6.59. The van der Waals surface area contributed by atoms with E-state index in [4.69, 9.17) is 4.52 Å². The Morgan fingerprint density at radius 2 is 1.68 bits per heavy atom. The van der Waals surface area contributed by atoms with E-state index < -0.39 is 0 Å². The van der Waals surface area contributed by atoms with Crippen molar-refractivity contribution in [3.05, 3.63) is 88.6 Å². The van der Waals surface area contributed by atoms with Gasteiger partial charge in [-0.2, -0.15) is 4.98 Å². The molecule has 136 valence electrons. The number of benzene rings is 2. The molecule has 0 fully saturated rings. The van der Waals surface area contributed by atoms with Gasteiger partial charge >= 0.3 is 0 Å². The maximum Gasteiger partial charge on any atom is 0.263 e. The van der Waals surface area contributed by atoms with E-state index >= 15 is 0 Å². The SMILES string of the molecule is O=c1c2c(-c3ccccc3)csc2ncn1Cc1nc(-c2ccccc2)no1. The highest BCUT2D eigenvalue weighted by Gasteiger charge is 2.15. The fourth-order valence-corrected chi connectivity index (χ4v) is 3.99. The van der Waals surface area contributed by atoms with Crippen molar-refractivity contribution in [3.8, 4) is 22.5 Å². The van der Waals surface area contributed by atoms with Crippen LogP contribution in [-0.2, 0) is 6.54 Å². The lowest BCUT2D eigenvalue weighted by Crippen LogP contribution is -2.21. The number of aromatic nitrogens is 4. The second-order valence-corrected chi connectivity index (χ2v) is 7.11. The molecule has 0 atom stereocenters. The van der Waals surface area contributed by atoms with E-state index in [9.17, 15) is 4.79 Å². The summed E-state index contributed by atoms with van der Waals surface area (Å²) < 4.78 is 6.84. The molecule has 7 heteroatoms. The van der Waals surface area contributed by atoms with Gasteiger partial charge in [0.05, 0.1) is 11.7 Å². The van der Waals surface area contributed by atoms with E-state index in [2.05, 4.69) is 15.1 Å². The fraction of sp³-hybridized carbons (Fsp3) is 0.0476. The van der Waals surface area contributed by atoms with E-state index in [1.54, 1.807) is 0 Å². The summed E-state index contributed by atoms with van der Waals surface area (Å²) in [5.41, 5.74) is 2.63. The number of rotatable bonds is 4. The molecule has 0 aliphatic carbocycles. The third kappa shape index (κ3) is 2.91. The topological polar surface area (TPSA) is 73.8 Å². The number of fused-ring (bicyclic) bond motifs is 1. The molecule has 28 heavy (non-hydrogen) atoms. The molecule has 0 saturated heterocycles. The van der Waals surface area contributed by atoms with E-state index in [0.717, 1.165) is 21.5 Å². The van der Waals surface area contributed by atoms with Crippen molar-refractivity contribution in [3.63, 3.8) is 0 Å². The molecule has 6 nitrogen and oxygen atoms in total. The predicted octanol–water partition coefficient (Wildman–Crippen LogP) is 4.22. The monoisotopic (exact) mass is 386 g/mol. The number of nitrogens with zero attached hydrogens (tertiary/aromatic N) is 4. The van der Waals surface area contributed by atoms with Gasteiger partial charge in [0, 0.05) is 16.5 Å². The first-order valence-electron chi connectivity index (χ1n) is 8.69. The van der Waals surface area contributed by atoms with Crippen molar-refractivity contribution < 1.29 is 4.52 Å². The molecular weight excluding hydrogens is 372 g/mol. The largest absolute Gasteiger partial charge is 0.337 e. The van der Waals surface area contributed by atoms with Crippen molar-refractivity contribution in [2.24, 2.45) is 0 Å². The van der Waals surface area contributed by atoms with Crippen LogP contribution in [0.4, 0.5) is 0 Å². The molecule has 0 bridgehead atoms. The van der Waals surface area contributed by atoms with Crippen LogP contribution in [0.5, 0.6) is 0 Å². The van der Waals surface area contributed by atoms with Crippen LogP contribution in [0.25, 0.3) is 32.7 Å². The van der Waals surface area contributed by atoms with Crippen LogP contribution in [0.15, 0.2) is 81.7 Å². The van der Waals surface area contributed by atoms with Gasteiger partial charge in [-0.05, 0) is 5.56 Å². The zero-order chi connectivity index (χ0) is 18.9. The van der Waals surface area contributed by atoms with Gasteiger partial charge in [-0.25, -0.2) is 4.98 Å². The molecule has 5 rings (SSSR count). The molecule has 0 spiro atoms. The summed E-state index contributed by atoms with van der Waals surface area (Å²) in [5.74, 6) is 0.858. The minimum atomic E-state index is -0.121. The first-order valence-corrected chi connectivity index (χ1v) is 9.57. The molecule has 0 aliphatic heterocycles. The Morgan fingerprint density at radius 3 is 2.43 bits per heavy atom. The van der Waals surface area contributed by atoms with E-state index in [-0.39, 0.29) is 12.1 Å². The average Bonchev–Trinajstić information content (AvgIpc) is 3.39. The van der Waals surface area contributed by atoms with Crippen LogP contribution in [0, 0.1) is 0 Å². The average molecular weight is 386 g/mol. The molecular formula is C21H14N4O2S. The zero-order valence-corrected chi connectivity index (χ0v) is 15.5. The second-order valence-electron chi connectivity index (χ2n) is 6.25. The van der Waals surface area contributed by atoms with Gasteiger partial charge in [-0.15, -0.1) is 11.3 Å². The van der Waals surface area contributed by atoms with E-state index in [1.165, 1.54) is 22.2 Å². The highest BCUT2D eigenvalue weighted by Crippen LogP contribution is 2.30. The Hall–Kier alpha value is -3.58. The molecule has 3 heterocycles. The quantitative estimate of drug-likeness (QED) is 0.462. The highest BCUT2D eigenvalue weighted by atomic mass is 32.1. The number of thiophene rings is 1. The zero-order valence-electron chi connectivity index (χ0n) is 14.6. The Balaban J connectivity index is 1.53. The third-order valence-corrected chi connectivity index (χ3v) is 5.34.